The Bertz CT molecular complexity index is 1940. The van der Waals surface area contributed by atoms with Crippen molar-refractivity contribution < 1.29 is 19.4 Å². The van der Waals surface area contributed by atoms with E-state index in [1.54, 1.807) is 12.3 Å². The maximum Gasteiger partial charge on any atom is 0.236 e. The maximum atomic E-state index is 11.7. The Labute approximate surface area is 279 Å². The molecule has 3 aromatic carbocycles. The number of hydrogen-bond acceptors (Lipinski definition) is 8. The first kappa shape index (κ1) is 33.3. The molecule has 0 fully saturated rings. The highest BCUT2D eigenvalue weighted by Crippen LogP contribution is 2.35. The number of halogens is 1. The molecule has 1 N–H and O–H groups in total. The zero-order valence-corrected chi connectivity index (χ0v) is 27.5. The van der Waals surface area contributed by atoms with Gasteiger partial charge in [-0.1, -0.05) is 72.3 Å². The zero-order chi connectivity index (χ0) is 33.5. The third kappa shape index (κ3) is 7.84. The van der Waals surface area contributed by atoms with E-state index in [4.69, 9.17) is 26.3 Å². The maximum absolute atomic E-state index is 11.7. The summed E-state index contributed by atoms with van der Waals surface area (Å²) in [7, 11) is 3.89. The average Bonchev–Trinajstić information content (AvgIpc) is 3.07. The third-order valence-corrected chi connectivity index (χ3v) is 8.21. The number of aliphatic hydroxyl groups excluding tert-OH is 1. The van der Waals surface area contributed by atoms with Crippen LogP contribution in [0.5, 0.6) is 11.8 Å². The number of pyridine rings is 2. The Balaban J connectivity index is 1.36. The Morgan fingerprint density at radius 3 is 2.30 bits per heavy atom. The molecule has 2 heterocycles. The molecule has 1 unspecified atom stereocenters. The minimum atomic E-state index is -0.545. The number of hydrogen-bond donors (Lipinski definition) is 1. The van der Waals surface area contributed by atoms with Crippen molar-refractivity contribution in [2.75, 3.05) is 20.6 Å². The second kappa shape index (κ2) is 15.0. The molecule has 5 rings (SSSR count). The molecule has 8 nitrogen and oxygen atoms in total. The Kier molecular flexibility index (Phi) is 10.6. The fourth-order valence-electron chi connectivity index (χ4n) is 5.40. The Morgan fingerprint density at radius 1 is 0.915 bits per heavy atom. The number of aromatic nitrogens is 2. The van der Waals surface area contributed by atoms with Crippen molar-refractivity contribution in [1.82, 2.24) is 14.9 Å². The van der Waals surface area contributed by atoms with Crippen molar-refractivity contribution in [2.45, 2.75) is 33.2 Å². The molecular formula is C38H35ClN4O4. The first-order valence-corrected chi connectivity index (χ1v) is 15.4. The third-order valence-electron chi connectivity index (χ3n) is 7.94. The summed E-state index contributed by atoms with van der Waals surface area (Å²) < 4.78 is 11.9. The van der Waals surface area contributed by atoms with Gasteiger partial charge in [0.05, 0.1) is 17.2 Å². The molecular weight excluding hydrogens is 612 g/mol. The highest BCUT2D eigenvalue weighted by Gasteiger charge is 2.17. The van der Waals surface area contributed by atoms with Gasteiger partial charge in [-0.3, -0.25) is 9.78 Å². The van der Waals surface area contributed by atoms with Crippen molar-refractivity contribution >= 4 is 17.9 Å². The Hall–Kier alpha value is -5.07. The lowest BCUT2D eigenvalue weighted by Crippen LogP contribution is -2.19. The number of likely N-dealkylation sites (N-methyl/N-ethyl adjacent to an activating group) is 1. The van der Waals surface area contributed by atoms with Crippen LogP contribution in [0.25, 0.3) is 22.3 Å². The second-order valence-corrected chi connectivity index (χ2v) is 11.9. The lowest BCUT2D eigenvalue weighted by Gasteiger charge is -2.18. The number of aldehydes is 1. The zero-order valence-electron chi connectivity index (χ0n) is 26.7. The van der Waals surface area contributed by atoms with E-state index in [1.165, 1.54) is 12.3 Å². The minimum Gasteiger partial charge on any atom is -0.472 e. The molecule has 0 aliphatic heterocycles. The second-order valence-electron chi connectivity index (χ2n) is 11.5. The standard InChI is InChI=1S/C38H35ClN4O4/c1-24-30(23-47-38-35(39)16-31(21-44)37(42-38)46-22-27-15-26(17-40)18-41-19-27)7-5-9-33(24)34-10-6-8-32(25(34)2)28-11-13-29(14-12-28)36(45)20-43(3)4/h5-16,18-19,21,36,45H,20,22-23H2,1-4H3. The van der Waals surface area contributed by atoms with Gasteiger partial charge in [-0.15, -0.1) is 0 Å². The predicted octanol–water partition coefficient (Wildman–Crippen LogP) is 7.52. The average molecular weight is 647 g/mol. The molecule has 9 heteroatoms. The smallest absolute Gasteiger partial charge is 0.236 e. The lowest BCUT2D eigenvalue weighted by atomic mass is 9.89. The number of carbonyl (C=O) groups excluding carboxylic acids is 1. The van der Waals surface area contributed by atoms with Crippen LogP contribution in [-0.2, 0) is 13.2 Å². The van der Waals surface area contributed by atoms with Crippen LogP contribution in [0, 0.1) is 25.2 Å². The minimum absolute atomic E-state index is 0.0551. The molecule has 0 radical (unpaired) electrons. The molecule has 5 aromatic rings. The van der Waals surface area contributed by atoms with E-state index in [0.29, 0.717) is 24.0 Å². The first-order valence-electron chi connectivity index (χ1n) is 15.1. The molecule has 0 amide bonds. The largest absolute Gasteiger partial charge is 0.472 e. The van der Waals surface area contributed by atoms with Crippen LogP contribution < -0.4 is 9.47 Å². The molecule has 0 spiro atoms. The summed E-state index contributed by atoms with van der Waals surface area (Å²) in [6.45, 7) is 4.99. The number of carbonyl (C=O) groups is 1. The van der Waals surface area contributed by atoms with Gasteiger partial charge in [0.25, 0.3) is 0 Å². The SMILES string of the molecule is Cc1c(COc2nc(OCc3cncc(C#N)c3)c(C=O)cc2Cl)cccc1-c1cccc(-c2ccc(C(O)CN(C)C)cc2)c1C. The van der Waals surface area contributed by atoms with Crippen LogP contribution in [0.15, 0.2) is 85.2 Å². The van der Waals surface area contributed by atoms with Gasteiger partial charge in [-0.05, 0) is 84.6 Å². The molecule has 1 atom stereocenters. The fourth-order valence-corrected chi connectivity index (χ4v) is 5.62. The van der Waals surface area contributed by atoms with Crippen molar-refractivity contribution in [2.24, 2.45) is 0 Å². The van der Waals surface area contributed by atoms with E-state index >= 15 is 0 Å². The summed E-state index contributed by atoms with van der Waals surface area (Å²) in [5.41, 5.74) is 9.65. The summed E-state index contributed by atoms with van der Waals surface area (Å²) in [5, 5.41) is 19.8. The molecule has 0 saturated carbocycles. The van der Waals surface area contributed by atoms with Crippen LogP contribution >= 0.6 is 11.6 Å². The molecule has 47 heavy (non-hydrogen) atoms. The van der Waals surface area contributed by atoms with Crippen molar-refractivity contribution in [3.05, 3.63) is 129 Å². The topological polar surface area (TPSA) is 109 Å². The first-order chi connectivity index (χ1) is 22.7. The molecule has 0 aliphatic carbocycles. The van der Waals surface area contributed by atoms with Crippen molar-refractivity contribution in [3.63, 3.8) is 0 Å². The van der Waals surface area contributed by atoms with Crippen LogP contribution in [0.3, 0.4) is 0 Å². The number of nitrogens with zero attached hydrogens (tertiary/aromatic N) is 4. The summed E-state index contributed by atoms with van der Waals surface area (Å²) in [5.74, 6) is 0.207. The number of nitriles is 1. The van der Waals surface area contributed by atoms with Gasteiger partial charge < -0.3 is 19.5 Å². The monoisotopic (exact) mass is 646 g/mol. The molecule has 2 aromatic heterocycles. The van der Waals surface area contributed by atoms with Gasteiger partial charge in [-0.2, -0.15) is 10.2 Å². The van der Waals surface area contributed by atoms with Crippen molar-refractivity contribution in [1.29, 1.82) is 5.26 Å². The van der Waals surface area contributed by atoms with Crippen LogP contribution in [0.4, 0.5) is 0 Å². The summed E-state index contributed by atoms with van der Waals surface area (Å²) in [4.78, 5) is 22.1. The van der Waals surface area contributed by atoms with E-state index in [2.05, 4.69) is 60.2 Å². The van der Waals surface area contributed by atoms with E-state index in [1.807, 2.05) is 49.3 Å². The molecule has 0 saturated heterocycles. The number of rotatable bonds is 12. The van der Waals surface area contributed by atoms with Gasteiger partial charge in [0.15, 0.2) is 6.29 Å². The highest BCUT2D eigenvalue weighted by atomic mass is 35.5. The van der Waals surface area contributed by atoms with E-state index in [-0.39, 0.29) is 35.6 Å². The predicted molar refractivity (Wildman–Crippen MR) is 183 cm³/mol. The van der Waals surface area contributed by atoms with Gasteiger partial charge in [0, 0.05) is 24.5 Å². The van der Waals surface area contributed by atoms with Gasteiger partial charge in [0.1, 0.15) is 24.3 Å². The fraction of sp³-hybridized carbons (Fsp3) is 0.211. The summed E-state index contributed by atoms with van der Waals surface area (Å²) >= 11 is 6.45. The normalized spacial score (nSPS) is 11.6. The van der Waals surface area contributed by atoms with Crippen LogP contribution in [0.1, 0.15) is 49.8 Å². The summed E-state index contributed by atoms with van der Waals surface area (Å²) in [6.07, 6.45) is 3.11. The molecule has 0 bridgehead atoms. The lowest BCUT2D eigenvalue weighted by molar-refractivity contribution is 0.111. The number of ether oxygens (including phenoxy) is 2. The van der Waals surface area contributed by atoms with Crippen LogP contribution in [-0.4, -0.2) is 46.9 Å². The van der Waals surface area contributed by atoms with Gasteiger partial charge in [0.2, 0.25) is 11.8 Å². The highest BCUT2D eigenvalue weighted by molar-refractivity contribution is 6.32. The summed E-state index contributed by atoms with van der Waals surface area (Å²) in [6, 6.07) is 25.6. The van der Waals surface area contributed by atoms with E-state index < -0.39 is 6.10 Å². The van der Waals surface area contributed by atoms with Gasteiger partial charge in [-0.25, -0.2) is 0 Å². The molecule has 0 aliphatic rings. The number of aliphatic hydroxyl groups is 1. The van der Waals surface area contributed by atoms with Gasteiger partial charge >= 0.3 is 0 Å². The quantitative estimate of drug-likeness (QED) is 0.139. The number of benzene rings is 3. The van der Waals surface area contributed by atoms with E-state index in [9.17, 15) is 9.90 Å². The van der Waals surface area contributed by atoms with E-state index in [0.717, 1.165) is 44.5 Å². The molecule has 238 valence electrons. The van der Waals surface area contributed by atoms with Crippen LogP contribution in [0.2, 0.25) is 5.02 Å². The van der Waals surface area contributed by atoms with Crippen molar-refractivity contribution in [3.8, 4) is 40.1 Å². The Morgan fingerprint density at radius 2 is 1.60 bits per heavy atom.